The molecule has 0 saturated carbocycles. The van der Waals surface area contributed by atoms with E-state index in [1.165, 1.54) is 0 Å². The average molecular weight is 257 g/mol. The van der Waals surface area contributed by atoms with Crippen molar-refractivity contribution in [1.29, 1.82) is 5.41 Å². The number of amidine groups is 1. The maximum absolute atomic E-state index is 7.38. The highest BCUT2D eigenvalue weighted by atomic mass is 16.5. The number of rotatable bonds is 5. The largest absolute Gasteiger partial charge is 0.494 e. The lowest BCUT2D eigenvalue weighted by Crippen LogP contribution is -2.11. The summed E-state index contributed by atoms with van der Waals surface area (Å²) in [5, 5.41) is 7.38. The minimum absolute atomic E-state index is 0.0182. The van der Waals surface area contributed by atoms with Gasteiger partial charge in [-0.2, -0.15) is 0 Å². The van der Waals surface area contributed by atoms with E-state index in [0.717, 1.165) is 5.75 Å². The van der Waals surface area contributed by atoms with E-state index < -0.39 is 0 Å². The first-order valence-electron chi connectivity index (χ1n) is 5.90. The second-order valence-electron chi connectivity index (χ2n) is 3.81. The molecule has 0 radical (unpaired) electrons. The zero-order chi connectivity index (χ0) is 13.7. The van der Waals surface area contributed by atoms with Crippen molar-refractivity contribution in [2.45, 2.75) is 6.92 Å². The van der Waals surface area contributed by atoms with Crippen LogP contribution in [0.3, 0.4) is 0 Å². The van der Waals surface area contributed by atoms with Crippen LogP contribution in [0.25, 0.3) is 0 Å². The number of ether oxygens (including phenoxy) is 2. The molecular weight excluding hydrogens is 242 g/mol. The minimum atomic E-state index is -0.0182. The Morgan fingerprint density at radius 2 is 2.05 bits per heavy atom. The van der Waals surface area contributed by atoms with Crippen LogP contribution < -0.4 is 15.2 Å². The van der Waals surface area contributed by atoms with Crippen molar-refractivity contribution in [2.75, 3.05) is 6.61 Å². The van der Waals surface area contributed by atoms with Gasteiger partial charge in [0.15, 0.2) is 0 Å². The van der Waals surface area contributed by atoms with Gasteiger partial charge in [-0.05, 0) is 25.1 Å². The third-order valence-electron chi connectivity index (χ3n) is 2.38. The Bertz CT molecular complexity index is 584. The predicted molar refractivity (Wildman–Crippen MR) is 72.9 cm³/mol. The van der Waals surface area contributed by atoms with Crippen LogP contribution in [0, 0.1) is 5.41 Å². The van der Waals surface area contributed by atoms with Crippen LogP contribution in [-0.4, -0.2) is 17.4 Å². The molecule has 0 aliphatic carbocycles. The molecule has 98 valence electrons. The zero-order valence-corrected chi connectivity index (χ0v) is 10.6. The second kappa shape index (κ2) is 5.86. The van der Waals surface area contributed by atoms with Gasteiger partial charge in [0.1, 0.15) is 17.3 Å². The van der Waals surface area contributed by atoms with E-state index in [2.05, 4.69) is 4.98 Å². The van der Waals surface area contributed by atoms with Gasteiger partial charge in [-0.3, -0.25) is 5.41 Å². The van der Waals surface area contributed by atoms with E-state index in [4.69, 9.17) is 20.6 Å². The van der Waals surface area contributed by atoms with Crippen LogP contribution in [0.1, 0.15) is 12.5 Å². The van der Waals surface area contributed by atoms with Crippen LogP contribution in [0.15, 0.2) is 42.6 Å². The van der Waals surface area contributed by atoms with Crippen molar-refractivity contribution in [2.24, 2.45) is 5.73 Å². The van der Waals surface area contributed by atoms with Crippen LogP contribution in [-0.2, 0) is 0 Å². The summed E-state index contributed by atoms with van der Waals surface area (Å²) in [5.41, 5.74) is 5.99. The molecule has 1 aromatic heterocycles. The number of nitrogens with one attached hydrogen (secondary N) is 1. The number of benzene rings is 1. The smallest absolute Gasteiger partial charge is 0.219 e. The maximum Gasteiger partial charge on any atom is 0.219 e. The van der Waals surface area contributed by atoms with Crippen LogP contribution in [0.4, 0.5) is 0 Å². The summed E-state index contributed by atoms with van der Waals surface area (Å²) in [4.78, 5) is 4.08. The van der Waals surface area contributed by atoms with Gasteiger partial charge in [-0.25, -0.2) is 4.98 Å². The molecule has 2 aromatic rings. The zero-order valence-electron chi connectivity index (χ0n) is 10.6. The molecule has 2 rings (SSSR count). The molecule has 0 bridgehead atoms. The number of hydrogen-bond acceptors (Lipinski definition) is 4. The van der Waals surface area contributed by atoms with E-state index in [1.54, 1.807) is 24.4 Å². The minimum Gasteiger partial charge on any atom is -0.494 e. The summed E-state index contributed by atoms with van der Waals surface area (Å²) in [5.74, 6) is 1.73. The van der Waals surface area contributed by atoms with Crippen LogP contribution >= 0.6 is 0 Å². The number of nitrogen functional groups attached to an aromatic ring is 1. The average Bonchev–Trinajstić information content (AvgIpc) is 2.40. The SMILES string of the molecule is CCOc1cccc(Oc2cc(C(=N)N)ccn2)c1. The molecule has 0 atom stereocenters. The monoisotopic (exact) mass is 257 g/mol. The quantitative estimate of drug-likeness (QED) is 0.637. The molecule has 3 N–H and O–H groups in total. The Kier molecular flexibility index (Phi) is 3.97. The second-order valence-corrected chi connectivity index (χ2v) is 3.81. The molecule has 5 heteroatoms. The van der Waals surface area contributed by atoms with E-state index in [-0.39, 0.29) is 5.84 Å². The lowest BCUT2D eigenvalue weighted by molar-refractivity contribution is 0.338. The Morgan fingerprint density at radius 3 is 2.79 bits per heavy atom. The number of nitrogens with two attached hydrogens (primary N) is 1. The first-order valence-corrected chi connectivity index (χ1v) is 5.90. The fraction of sp³-hybridized carbons (Fsp3) is 0.143. The first kappa shape index (κ1) is 12.9. The highest BCUT2D eigenvalue weighted by molar-refractivity contribution is 5.95. The normalized spacial score (nSPS) is 9.95. The Hall–Kier alpha value is -2.56. The van der Waals surface area contributed by atoms with Crippen molar-refractivity contribution >= 4 is 5.84 Å². The highest BCUT2D eigenvalue weighted by Gasteiger charge is 2.03. The summed E-state index contributed by atoms with van der Waals surface area (Å²) in [6, 6.07) is 10.6. The summed E-state index contributed by atoms with van der Waals surface area (Å²) < 4.78 is 11.0. The van der Waals surface area contributed by atoms with E-state index >= 15 is 0 Å². The Balaban J connectivity index is 2.18. The summed E-state index contributed by atoms with van der Waals surface area (Å²) in [7, 11) is 0. The Labute approximate surface area is 111 Å². The van der Waals surface area contributed by atoms with Gasteiger partial charge in [0, 0.05) is 23.9 Å². The van der Waals surface area contributed by atoms with E-state index in [1.807, 2.05) is 25.1 Å². The van der Waals surface area contributed by atoms with Crippen molar-refractivity contribution in [1.82, 2.24) is 4.98 Å². The number of aromatic nitrogens is 1. The van der Waals surface area contributed by atoms with Crippen molar-refractivity contribution in [3.05, 3.63) is 48.2 Å². The summed E-state index contributed by atoms with van der Waals surface area (Å²) >= 11 is 0. The van der Waals surface area contributed by atoms with Gasteiger partial charge in [0.2, 0.25) is 5.88 Å². The molecule has 19 heavy (non-hydrogen) atoms. The Morgan fingerprint density at radius 1 is 1.26 bits per heavy atom. The number of nitrogens with zero attached hydrogens (tertiary/aromatic N) is 1. The predicted octanol–water partition coefficient (Wildman–Crippen LogP) is 2.56. The summed E-state index contributed by atoms with van der Waals surface area (Å²) in [6.07, 6.45) is 1.55. The van der Waals surface area contributed by atoms with E-state index in [9.17, 15) is 0 Å². The molecule has 0 unspecified atom stereocenters. The molecule has 0 spiro atoms. The first-order chi connectivity index (χ1) is 9.19. The van der Waals surface area contributed by atoms with E-state index in [0.29, 0.717) is 23.8 Å². The molecule has 0 saturated heterocycles. The third kappa shape index (κ3) is 3.45. The van der Waals surface area contributed by atoms with Gasteiger partial charge in [-0.1, -0.05) is 6.07 Å². The topological polar surface area (TPSA) is 81.2 Å². The molecular formula is C14H15N3O2. The highest BCUT2D eigenvalue weighted by Crippen LogP contribution is 2.24. The fourth-order valence-electron chi connectivity index (χ4n) is 1.55. The van der Waals surface area contributed by atoms with Gasteiger partial charge >= 0.3 is 0 Å². The molecule has 0 amide bonds. The van der Waals surface area contributed by atoms with Gasteiger partial charge in [0.05, 0.1) is 6.61 Å². The summed E-state index contributed by atoms with van der Waals surface area (Å²) in [6.45, 7) is 2.52. The van der Waals surface area contributed by atoms with Crippen molar-refractivity contribution in [3.8, 4) is 17.4 Å². The third-order valence-corrected chi connectivity index (χ3v) is 2.38. The standard InChI is InChI=1S/C14H15N3O2/c1-2-18-11-4-3-5-12(9-11)19-13-8-10(14(15)16)6-7-17-13/h3-9H,2H2,1H3,(H3,15,16). The lowest BCUT2D eigenvalue weighted by atomic mass is 10.2. The van der Waals surface area contributed by atoms with Gasteiger partial charge in [0.25, 0.3) is 0 Å². The number of hydrogen-bond donors (Lipinski definition) is 2. The van der Waals surface area contributed by atoms with Crippen LogP contribution in [0.5, 0.6) is 17.4 Å². The molecule has 0 aliphatic heterocycles. The number of pyridine rings is 1. The molecule has 0 aliphatic rings. The van der Waals surface area contributed by atoms with Gasteiger partial charge in [-0.15, -0.1) is 0 Å². The van der Waals surface area contributed by atoms with Gasteiger partial charge < -0.3 is 15.2 Å². The van der Waals surface area contributed by atoms with Crippen molar-refractivity contribution < 1.29 is 9.47 Å². The maximum atomic E-state index is 7.38. The van der Waals surface area contributed by atoms with Crippen LogP contribution in [0.2, 0.25) is 0 Å². The fourth-order valence-corrected chi connectivity index (χ4v) is 1.55. The molecule has 1 heterocycles. The molecule has 1 aromatic carbocycles. The van der Waals surface area contributed by atoms with Crippen molar-refractivity contribution in [3.63, 3.8) is 0 Å². The molecule has 0 fully saturated rings. The molecule has 5 nitrogen and oxygen atoms in total. The lowest BCUT2D eigenvalue weighted by Gasteiger charge is -2.08.